The van der Waals surface area contributed by atoms with Crippen LogP contribution in [0.3, 0.4) is 0 Å². The SMILES string of the molecule is C1CCC2C(C1)OC1C2CCCC1N1C2CCCCC2C2CC(C3CCCC4C5CCC6SC7CCCCC7C6C5OC34)CCC21. The first kappa shape index (κ1) is 29.9. The fourth-order valence-corrected chi connectivity index (χ4v) is 18.5. The van der Waals surface area contributed by atoms with Gasteiger partial charge >= 0.3 is 0 Å². The molecule has 7 saturated carbocycles. The van der Waals surface area contributed by atoms with E-state index in [1.807, 2.05) is 0 Å². The van der Waals surface area contributed by atoms with E-state index in [1.165, 1.54) is 141 Å². The Bertz CT molecular complexity index is 1130. The van der Waals surface area contributed by atoms with Crippen LogP contribution in [-0.4, -0.2) is 57.9 Å². The maximum atomic E-state index is 7.59. The molecule has 11 aliphatic rings. The molecule has 4 aliphatic heterocycles. The highest BCUT2D eigenvalue weighted by molar-refractivity contribution is 8.00. The number of likely N-dealkylation sites (tertiary alicyclic amines) is 1. The van der Waals surface area contributed by atoms with Gasteiger partial charge in [-0.25, -0.2) is 0 Å². The molecule has 0 aromatic heterocycles. The van der Waals surface area contributed by atoms with Gasteiger partial charge in [-0.15, -0.1) is 0 Å². The summed E-state index contributed by atoms with van der Waals surface area (Å²) in [6.07, 6.45) is 36.6. The van der Waals surface area contributed by atoms with E-state index in [4.69, 9.17) is 9.47 Å². The Labute approximate surface area is 285 Å². The molecule has 0 spiro atoms. The van der Waals surface area contributed by atoms with E-state index >= 15 is 0 Å². The summed E-state index contributed by atoms with van der Waals surface area (Å²) in [7, 11) is 0. The molecule has 19 unspecified atom stereocenters. The van der Waals surface area contributed by atoms with Crippen LogP contribution in [0, 0.1) is 59.2 Å². The van der Waals surface area contributed by atoms with E-state index in [1.54, 1.807) is 6.42 Å². The first-order valence-electron chi connectivity index (χ1n) is 21.6. The Hall–Kier alpha value is 0.230. The first-order chi connectivity index (χ1) is 22.8. The number of nitrogens with zero attached hydrogens (tertiary/aromatic N) is 1. The van der Waals surface area contributed by atoms with Crippen LogP contribution in [0.1, 0.15) is 148 Å². The Morgan fingerprint density at radius 3 is 2.00 bits per heavy atom. The molecule has 7 aliphatic carbocycles. The van der Waals surface area contributed by atoms with Crippen LogP contribution in [0.4, 0.5) is 0 Å². The normalized spacial score (nSPS) is 59.3. The standard InChI is InChI=1S/C42H65NO2S/c1-4-15-33-26(9-1)32-23-24(19-21-34(32)43(33)35-16-8-14-28-27-10-2-5-17-36(27)44-41(28)35)25-12-7-13-29-30-20-22-38-39(42(30)45-40(25)29)31-11-3-6-18-37(31)46-38/h24-42H,1-23H2. The van der Waals surface area contributed by atoms with Gasteiger partial charge < -0.3 is 9.47 Å². The second kappa shape index (κ2) is 11.9. The average Bonchev–Trinajstić information content (AvgIpc) is 3.86. The first-order valence-corrected chi connectivity index (χ1v) is 22.5. The van der Waals surface area contributed by atoms with Gasteiger partial charge in [-0.1, -0.05) is 51.4 Å². The molecule has 0 aromatic rings. The summed E-state index contributed by atoms with van der Waals surface area (Å²) in [5.74, 6) is 9.25. The van der Waals surface area contributed by atoms with Gasteiger partial charge in [0.25, 0.3) is 0 Å². The molecular formula is C42H65NO2S. The summed E-state index contributed by atoms with van der Waals surface area (Å²) >= 11 is 2.44. The van der Waals surface area contributed by atoms with Crippen LogP contribution in [0.2, 0.25) is 0 Å². The second-order valence-electron chi connectivity index (χ2n) is 19.3. The largest absolute Gasteiger partial charge is 0.374 e. The van der Waals surface area contributed by atoms with Crippen LogP contribution in [-0.2, 0) is 9.47 Å². The molecule has 4 heteroatoms. The van der Waals surface area contributed by atoms with Gasteiger partial charge in [-0.3, -0.25) is 4.90 Å². The third kappa shape index (κ3) is 4.52. The van der Waals surface area contributed by atoms with Gasteiger partial charge in [0.1, 0.15) is 0 Å². The van der Waals surface area contributed by atoms with E-state index in [0.717, 1.165) is 87.8 Å². The Balaban J connectivity index is 0.836. The lowest BCUT2D eigenvalue weighted by molar-refractivity contribution is -0.0826. The van der Waals surface area contributed by atoms with Gasteiger partial charge in [0.05, 0.1) is 24.4 Å². The lowest BCUT2D eigenvalue weighted by Crippen LogP contribution is -2.55. The summed E-state index contributed by atoms with van der Waals surface area (Å²) < 4.78 is 14.8. The minimum absolute atomic E-state index is 0.566. The molecule has 0 bridgehead atoms. The molecule has 3 nitrogen and oxygen atoms in total. The molecule has 4 saturated heterocycles. The Morgan fingerprint density at radius 2 is 1.07 bits per heavy atom. The summed E-state index contributed by atoms with van der Waals surface area (Å²) in [6.45, 7) is 0. The highest BCUT2D eigenvalue weighted by Gasteiger charge is 2.62. The van der Waals surface area contributed by atoms with E-state index in [2.05, 4.69) is 16.7 Å². The van der Waals surface area contributed by atoms with Gasteiger partial charge in [0.2, 0.25) is 0 Å². The highest BCUT2D eigenvalue weighted by Crippen LogP contribution is 2.63. The van der Waals surface area contributed by atoms with Crippen LogP contribution in [0.25, 0.3) is 0 Å². The van der Waals surface area contributed by atoms with Crippen molar-refractivity contribution in [2.24, 2.45) is 59.2 Å². The highest BCUT2D eigenvalue weighted by atomic mass is 32.2. The monoisotopic (exact) mass is 647 g/mol. The molecular weight excluding hydrogens is 583 g/mol. The minimum atomic E-state index is 0.566. The lowest BCUT2D eigenvalue weighted by Gasteiger charge is -2.48. The zero-order chi connectivity index (χ0) is 29.9. The molecule has 0 radical (unpaired) electrons. The molecule has 0 aromatic carbocycles. The lowest BCUT2D eigenvalue weighted by atomic mass is 9.60. The Kier molecular flexibility index (Phi) is 7.74. The molecule has 11 rings (SSSR count). The summed E-state index contributed by atoms with van der Waals surface area (Å²) in [5.41, 5.74) is 0. The van der Waals surface area contributed by atoms with E-state index in [-0.39, 0.29) is 0 Å². The van der Waals surface area contributed by atoms with Crippen molar-refractivity contribution >= 4 is 11.8 Å². The number of thioether (sulfide) groups is 1. The molecule has 11 fully saturated rings. The van der Waals surface area contributed by atoms with E-state index in [0.29, 0.717) is 24.4 Å². The molecule has 0 amide bonds. The quantitative estimate of drug-likeness (QED) is 0.298. The smallest absolute Gasteiger partial charge is 0.0766 e. The number of ether oxygens (including phenoxy) is 2. The van der Waals surface area contributed by atoms with Crippen molar-refractivity contribution in [3.63, 3.8) is 0 Å². The fraction of sp³-hybridized carbons (Fsp3) is 1.00. The fourth-order valence-electron chi connectivity index (χ4n) is 16.4. The zero-order valence-corrected chi connectivity index (χ0v) is 29.7. The van der Waals surface area contributed by atoms with Gasteiger partial charge in [0.15, 0.2) is 0 Å². The maximum absolute atomic E-state index is 7.59. The third-order valence-corrected chi connectivity index (χ3v) is 19.7. The Morgan fingerprint density at radius 1 is 0.391 bits per heavy atom. The van der Waals surface area contributed by atoms with Crippen molar-refractivity contribution in [2.75, 3.05) is 0 Å². The average molecular weight is 648 g/mol. The van der Waals surface area contributed by atoms with Gasteiger partial charge in [0, 0.05) is 34.5 Å². The summed E-state index contributed by atoms with van der Waals surface area (Å²) in [5, 5.41) is 1.91. The van der Waals surface area contributed by atoms with Crippen molar-refractivity contribution in [1.82, 2.24) is 4.90 Å². The number of hydrogen-bond acceptors (Lipinski definition) is 4. The van der Waals surface area contributed by atoms with Crippen molar-refractivity contribution in [3.05, 3.63) is 0 Å². The number of rotatable bonds is 2. The van der Waals surface area contributed by atoms with Crippen LogP contribution >= 0.6 is 11.8 Å². The van der Waals surface area contributed by atoms with Crippen LogP contribution in [0.5, 0.6) is 0 Å². The van der Waals surface area contributed by atoms with E-state index < -0.39 is 0 Å². The van der Waals surface area contributed by atoms with E-state index in [9.17, 15) is 0 Å². The van der Waals surface area contributed by atoms with Crippen molar-refractivity contribution in [3.8, 4) is 0 Å². The molecule has 0 N–H and O–H groups in total. The predicted octanol–water partition coefficient (Wildman–Crippen LogP) is 9.66. The summed E-state index contributed by atoms with van der Waals surface area (Å²) in [4.78, 5) is 3.27. The van der Waals surface area contributed by atoms with Crippen LogP contribution < -0.4 is 0 Å². The minimum Gasteiger partial charge on any atom is -0.374 e. The van der Waals surface area contributed by atoms with Gasteiger partial charge in [-0.05, 0) is 150 Å². The third-order valence-electron chi connectivity index (χ3n) is 17.9. The van der Waals surface area contributed by atoms with Crippen molar-refractivity contribution < 1.29 is 9.47 Å². The maximum Gasteiger partial charge on any atom is 0.0766 e. The topological polar surface area (TPSA) is 21.7 Å². The predicted molar refractivity (Wildman–Crippen MR) is 187 cm³/mol. The van der Waals surface area contributed by atoms with Crippen molar-refractivity contribution in [2.45, 2.75) is 201 Å². The molecule has 46 heavy (non-hydrogen) atoms. The summed E-state index contributed by atoms with van der Waals surface area (Å²) in [6, 6.07) is 2.48. The van der Waals surface area contributed by atoms with Crippen LogP contribution in [0.15, 0.2) is 0 Å². The molecule has 19 atom stereocenters. The van der Waals surface area contributed by atoms with Gasteiger partial charge in [-0.2, -0.15) is 11.8 Å². The second-order valence-corrected chi connectivity index (χ2v) is 20.8. The number of hydrogen-bond donors (Lipinski definition) is 0. The molecule has 4 heterocycles. The van der Waals surface area contributed by atoms with Crippen molar-refractivity contribution in [1.29, 1.82) is 0 Å². The zero-order valence-electron chi connectivity index (χ0n) is 28.9. The molecule has 256 valence electrons. The number of fused-ring (bicyclic) bond motifs is 13.